The van der Waals surface area contributed by atoms with E-state index in [0.29, 0.717) is 12.0 Å². The van der Waals surface area contributed by atoms with Crippen molar-refractivity contribution in [2.75, 3.05) is 5.32 Å². The van der Waals surface area contributed by atoms with Gasteiger partial charge in [-0.3, -0.25) is 0 Å². The number of nitrogens with one attached hydrogen (secondary N) is 1. The van der Waals surface area contributed by atoms with Crippen molar-refractivity contribution in [3.05, 3.63) is 70.9 Å². The van der Waals surface area contributed by atoms with Crippen LogP contribution in [-0.4, -0.2) is 22.0 Å². The number of carbonyl (C=O) groups is 1. The zero-order valence-corrected chi connectivity index (χ0v) is 17.3. The molecule has 158 valence electrons. The van der Waals surface area contributed by atoms with Gasteiger partial charge >= 0.3 is 12.2 Å². The van der Waals surface area contributed by atoms with Crippen molar-refractivity contribution in [3.63, 3.8) is 0 Å². The zero-order valence-electron chi connectivity index (χ0n) is 16.5. The fourth-order valence-electron chi connectivity index (χ4n) is 3.11. The topological polar surface area (TPSA) is 45.2 Å². The van der Waals surface area contributed by atoms with E-state index in [0.717, 1.165) is 17.0 Å². The number of rotatable bonds is 5. The molecule has 8 heteroatoms. The number of para-hydroxylation sites is 2. The molecule has 0 aliphatic rings. The number of aromatic nitrogens is 1. The molecule has 0 radical (unpaired) electrons. The Kier molecular flexibility index (Phi) is 6.51. The SMILES string of the molecule is CCC(C)N(Cc1cc2ccccc2nc1Cl)C(=O)Nc1ccccc1C(F)(F)F. The van der Waals surface area contributed by atoms with Gasteiger partial charge in [-0.15, -0.1) is 0 Å². The van der Waals surface area contributed by atoms with Gasteiger partial charge in [0.05, 0.1) is 23.3 Å². The quantitative estimate of drug-likeness (QED) is 0.451. The molecule has 30 heavy (non-hydrogen) atoms. The number of anilines is 1. The molecule has 1 atom stereocenters. The molecule has 0 saturated heterocycles. The maximum atomic E-state index is 13.3. The number of amides is 2. The third kappa shape index (κ3) is 4.84. The first kappa shape index (κ1) is 21.9. The van der Waals surface area contributed by atoms with Crippen molar-refractivity contribution >= 4 is 34.2 Å². The third-order valence-corrected chi connectivity index (χ3v) is 5.28. The molecule has 3 aromatic rings. The molecule has 2 amide bonds. The Morgan fingerprint density at radius 2 is 1.83 bits per heavy atom. The lowest BCUT2D eigenvalue weighted by Crippen LogP contribution is -2.41. The molecule has 4 nitrogen and oxygen atoms in total. The molecule has 0 bridgehead atoms. The molecule has 0 fully saturated rings. The standard InChI is InChI=1S/C22H21ClF3N3O/c1-3-14(2)29(13-16-12-15-8-4-6-10-18(15)27-20(16)23)21(30)28-19-11-7-5-9-17(19)22(24,25)26/h4-12,14H,3,13H2,1-2H3,(H,28,30). The van der Waals surface area contributed by atoms with E-state index in [1.54, 1.807) is 0 Å². The highest BCUT2D eigenvalue weighted by Crippen LogP contribution is 2.35. The average molecular weight is 436 g/mol. The van der Waals surface area contributed by atoms with Crippen LogP contribution < -0.4 is 5.32 Å². The number of fused-ring (bicyclic) bond motifs is 1. The number of hydrogen-bond acceptors (Lipinski definition) is 2. The lowest BCUT2D eigenvalue weighted by Gasteiger charge is -2.29. The van der Waals surface area contributed by atoms with Gasteiger partial charge in [0.2, 0.25) is 0 Å². The summed E-state index contributed by atoms with van der Waals surface area (Å²) in [6.45, 7) is 3.85. The van der Waals surface area contributed by atoms with E-state index in [1.165, 1.54) is 23.1 Å². The maximum Gasteiger partial charge on any atom is 0.418 e. The van der Waals surface area contributed by atoms with Crippen LogP contribution in [0.2, 0.25) is 5.15 Å². The van der Waals surface area contributed by atoms with E-state index in [2.05, 4.69) is 10.3 Å². The Hall–Kier alpha value is -2.80. The number of pyridine rings is 1. The van der Waals surface area contributed by atoms with Gasteiger partial charge in [-0.1, -0.05) is 48.9 Å². The first-order chi connectivity index (χ1) is 14.2. The Balaban J connectivity index is 1.91. The van der Waals surface area contributed by atoms with Gasteiger partial charge in [0.15, 0.2) is 0 Å². The van der Waals surface area contributed by atoms with E-state index in [9.17, 15) is 18.0 Å². The van der Waals surface area contributed by atoms with Gasteiger partial charge in [-0.2, -0.15) is 13.2 Å². The molecule has 1 N–H and O–H groups in total. The van der Waals surface area contributed by atoms with E-state index >= 15 is 0 Å². The zero-order chi connectivity index (χ0) is 21.9. The second kappa shape index (κ2) is 8.92. The highest BCUT2D eigenvalue weighted by atomic mass is 35.5. The van der Waals surface area contributed by atoms with Gasteiger partial charge in [-0.05, 0) is 37.6 Å². The van der Waals surface area contributed by atoms with E-state index in [4.69, 9.17) is 11.6 Å². The number of alkyl halides is 3. The number of carbonyl (C=O) groups excluding carboxylic acids is 1. The maximum absolute atomic E-state index is 13.3. The predicted octanol–water partition coefficient (Wildman–Crippen LogP) is 6.74. The molecule has 0 spiro atoms. The number of hydrogen-bond donors (Lipinski definition) is 1. The predicted molar refractivity (Wildman–Crippen MR) is 113 cm³/mol. The van der Waals surface area contributed by atoms with Crippen molar-refractivity contribution in [1.29, 1.82) is 0 Å². The fraction of sp³-hybridized carbons (Fsp3) is 0.273. The molecule has 3 rings (SSSR count). The molecule has 1 unspecified atom stereocenters. The minimum atomic E-state index is -4.57. The number of nitrogens with zero attached hydrogens (tertiary/aromatic N) is 2. The van der Waals surface area contributed by atoms with Crippen LogP contribution in [0.1, 0.15) is 31.4 Å². The summed E-state index contributed by atoms with van der Waals surface area (Å²) in [6, 6.07) is 13.3. The molecular weight excluding hydrogens is 415 g/mol. The summed E-state index contributed by atoms with van der Waals surface area (Å²) >= 11 is 6.33. The highest BCUT2D eigenvalue weighted by molar-refractivity contribution is 6.30. The first-order valence-corrected chi connectivity index (χ1v) is 9.86. The van der Waals surface area contributed by atoms with Crippen molar-refractivity contribution in [3.8, 4) is 0 Å². The summed E-state index contributed by atoms with van der Waals surface area (Å²) in [5.74, 6) is 0. The van der Waals surface area contributed by atoms with E-state index < -0.39 is 17.8 Å². The van der Waals surface area contributed by atoms with Gasteiger partial charge in [0.1, 0.15) is 5.15 Å². The van der Waals surface area contributed by atoms with Crippen LogP contribution in [0.25, 0.3) is 10.9 Å². The molecule has 1 heterocycles. The fourth-order valence-corrected chi connectivity index (χ4v) is 3.31. The van der Waals surface area contributed by atoms with E-state index in [1.807, 2.05) is 44.2 Å². The number of benzene rings is 2. The summed E-state index contributed by atoms with van der Waals surface area (Å²) in [6.07, 6.45) is -3.95. The molecular formula is C22H21ClF3N3O. The second-order valence-electron chi connectivity index (χ2n) is 6.99. The van der Waals surface area contributed by atoms with Crippen LogP contribution >= 0.6 is 11.6 Å². The molecule has 2 aromatic carbocycles. The van der Waals surface area contributed by atoms with Gasteiger partial charge in [-0.25, -0.2) is 9.78 Å². The molecule has 0 aliphatic heterocycles. The number of halogens is 4. The Morgan fingerprint density at radius 1 is 1.17 bits per heavy atom. The lowest BCUT2D eigenvalue weighted by molar-refractivity contribution is -0.136. The lowest BCUT2D eigenvalue weighted by atomic mass is 10.1. The normalized spacial score (nSPS) is 12.6. The first-order valence-electron chi connectivity index (χ1n) is 9.48. The van der Waals surface area contributed by atoms with Crippen LogP contribution in [0.3, 0.4) is 0 Å². The highest BCUT2D eigenvalue weighted by Gasteiger charge is 2.34. The van der Waals surface area contributed by atoms with E-state index in [-0.39, 0.29) is 23.4 Å². The summed E-state index contributed by atoms with van der Waals surface area (Å²) in [5.41, 5.74) is 0.165. The van der Waals surface area contributed by atoms with Crippen molar-refractivity contribution < 1.29 is 18.0 Å². The summed E-state index contributed by atoms with van der Waals surface area (Å²) in [7, 11) is 0. The second-order valence-corrected chi connectivity index (χ2v) is 7.35. The van der Waals surface area contributed by atoms with Gasteiger partial charge < -0.3 is 10.2 Å². The third-order valence-electron chi connectivity index (χ3n) is 4.95. The van der Waals surface area contributed by atoms with Gasteiger partial charge in [0.25, 0.3) is 0 Å². The van der Waals surface area contributed by atoms with Crippen LogP contribution in [0.4, 0.5) is 23.7 Å². The molecule has 0 aliphatic carbocycles. The van der Waals surface area contributed by atoms with Crippen LogP contribution in [0.15, 0.2) is 54.6 Å². The molecule has 1 aromatic heterocycles. The van der Waals surface area contributed by atoms with Gasteiger partial charge in [0, 0.05) is 17.0 Å². The summed E-state index contributed by atoms with van der Waals surface area (Å²) in [5, 5.41) is 3.53. The van der Waals surface area contributed by atoms with Crippen LogP contribution in [0.5, 0.6) is 0 Å². The van der Waals surface area contributed by atoms with Crippen molar-refractivity contribution in [1.82, 2.24) is 9.88 Å². The van der Waals surface area contributed by atoms with Crippen LogP contribution in [0, 0.1) is 0 Å². The minimum Gasteiger partial charge on any atom is -0.317 e. The van der Waals surface area contributed by atoms with Crippen molar-refractivity contribution in [2.24, 2.45) is 0 Å². The summed E-state index contributed by atoms with van der Waals surface area (Å²) in [4.78, 5) is 18.8. The monoisotopic (exact) mass is 435 g/mol. The van der Waals surface area contributed by atoms with Crippen LogP contribution in [-0.2, 0) is 12.7 Å². The summed E-state index contributed by atoms with van der Waals surface area (Å²) < 4.78 is 39.8. The largest absolute Gasteiger partial charge is 0.418 e. The Morgan fingerprint density at radius 3 is 2.53 bits per heavy atom. The number of urea groups is 1. The Bertz CT molecular complexity index is 1060. The average Bonchev–Trinajstić information content (AvgIpc) is 2.71. The molecule has 0 saturated carbocycles. The Labute approximate surface area is 177 Å². The van der Waals surface area contributed by atoms with Crippen molar-refractivity contribution in [2.45, 2.75) is 39.0 Å². The smallest absolute Gasteiger partial charge is 0.317 e. The minimum absolute atomic E-state index is 0.117.